The van der Waals surface area contributed by atoms with E-state index in [1.54, 1.807) is 5.56 Å². The van der Waals surface area contributed by atoms with Gasteiger partial charge in [0.2, 0.25) is 0 Å². The van der Waals surface area contributed by atoms with Gasteiger partial charge in [0.25, 0.3) is 0 Å². The van der Waals surface area contributed by atoms with E-state index in [9.17, 15) is 0 Å². The molecule has 0 N–H and O–H groups in total. The number of hydrogen-bond acceptors (Lipinski definition) is 1. The second kappa shape index (κ2) is 5.22. The molecule has 3 rings (SSSR count). The Hall–Kier alpha value is -0.820. The highest BCUT2D eigenvalue weighted by atomic mass is 15.1. The summed E-state index contributed by atoms with van der Waals surface area (Å²) in [5, 5.41) is 0. The van der Waals surface area contributed by atoms with Crippen molar-refractivity contribution in [1.82, 2.24) is 4.90 Å². The molecule has 1 atom stereocenters. The van der Waals surface area contributed by atoms with E-state index in [-0.39, 0.29) is 0 Å². The van der Waals surface area contributed by atoms with Gasteiger partial charge in [0.15, 0.2) is 0 Å². The van der Waals surface area contributed by atoms with Crippen LogP contribution in [-0.2, 0) is 0 Å². The summed E-state index contributed by atoms with van der Waals surface area (Å²) in [7, 11) is 0. The van der Waals surface area contributed by atoms with Gasteiger partial charge in [-0.15, -0.1) is 0 Å². The third-order valence-electron chi connectivity index (χ3n) is 4.62. The highest BCUT2D eigenvalue weighted by Gasteiger charge is 2.25. The Morgan fingerprint density at radius 1 is 1.06 bits per heavy atom. The molecule has 1 aliphatic heterocycles. The average Bonchev–Trinajstić information content (AvgIpc) is 2.77. The van der Waals surface area contributed by atoms with E-state index in [4.69, 9.17) is 0 Å². The number of hydrogen-bond donors (Lipinski definition) is 0. The van der Waals surface area contributed by atoms with Crippen molar-refractivity contribution in [3.63, 3.8) is 0 Å². The molecule has 0 aromatic heterocycles. The minimum atomic E-state index is 0.789. The lowest BCUT2D eigenvalue weighted by molar-refractivity contribution is 0.238. The van der Waals surface area contributed by atoms with Crippen LogP contribution in [-0.4, -0.2) is 24.5 Å². The van der Waals surface area contributed by atoms with Gasteiger partial charge >= 0.3 is 0 Å². The van der Waals surface area contributed by atoms with Crippen LogP contribution in [0.1, 0.15) is 43.6 Å². The number of likely N-dealkylation sites (tertiary alicyclic amines) is 1. The molecule has 17 heavy (non-hydrogen) atoms. The standard InChI is InChI=1S/C16H23N/c1-2-7-15(8-3-1)16-10-12-17(13-16)11-9-14-5-4-6-14/h1-3,7-8,14,16H,4-6,9-13H2/t16-/m1/s1. The van der Waals surface area contributed by atoms with Crippen LogP contribution in [0.15, 0.2) is 30.3 Å². The Morgan fingerprint density at radius 3 is 2.59 bits per heavy atom. The van der Waals surface area contributed by atoms with Crippen molar-refractivity contribution >= 4 is 0 Å². The molecule has 0 radical (unpaired) electrons. The SMILES string of the molecule is c1ccc([C@@H]2CCN(CCC3CCC3)C2)cc1. The van der Waals surface area contributed by atoms with Gasteiger partial charge in [-0.2, -0.15) is 0 Å². The summed E-state index contributed by atoms with van der Waals surface area (Å²) in [5.41, 5.74) is 1.54. The largest absolute Gasteiger partial charge is 0.303 e. The molecule has 1 heteroatoms. The highest BCUT2D eigenvalue weighted by molar-refractivity contribution is 5.20. The van der Waals surface area contributed by atoms with Crippen LogP contribution >= 0.6 is 0 Å². The van der Waals surface area contributed by atoms with E-state index in [2.05, 4.69) is 35.2 Å². The van der Waals surface area contributed by atoms with Crippen LogP contribution in [0.5, 0.6) is 0 Å². The third kappa shape index (κ3) is 2.71. The molecule has 1 nitrogen and oxygen atoms in total. The molecular weight excluding hydrogens is 206 g/mol. The maximum atomic E-state index is 2.68. The van der Waals surface area contributed by atoms with Gasteiger partial charge in [-0.1, -0.05) is 49.6 Å². The predicted octanol–water partition coefficient (Wildman–Crippen LogP) is 3.67. The molecule has 1 aromatic rings. The first-order valence-corrected chi connectivity index (χ1v) is 7.19. The monoisotopic (exact) mass is 229 g/mol. The Labute approximate surface area is 105 Å². The maximum absolute atomic E-state index is 2.68. The Bertz CT molecular complexity index is 342. The second-order valence-electron chi connectivity index (χ2n) is 5.78. The molecule has 2 fully saturated rings. The maximum Gasteiger partial charge on any atom is 0.00507 e. The summed E-state index contributed by atoms with van der Waals surface area (Å²) < 4.78 is 0. The van der Waals surface area contributed by atoms with Gasteiger partial charge in [-0.3, -0.25) is 0 Å². The first-order chi connectivity index (χ1) is 8.42. The van der Waals surface area contributed by atoms with E-state index in [1.807, 2.05) is 0 Å². The molecule has 2 aliphatic rings. The lowest BCUT2D eigenvalue weighted by Gasteiger charge is -2.27. The molecule has 0 unspecified atom stereocenters. The van der Waals surface area contributed by atoms with Crippen molar-refractivity contribution in [1.29, 1.82) is 0 Å². The summed E-state index contributed by atoms with van der Waals surface area (Å²) in [4.78, 5) is 2.68. The fourth-order valence-corrected chi connectivity index (χ4v) is 3.18. The summed E-state index contributed by atoms with van der Waals surface area (Å²) in [5.74, 6) is 1.85. The molecule has 1 aromatic carbocycles. The van der Waals surface area contributed by atoms with E-state index < -0.39 is 0 Å². The highest BCUT2D eigenvalue weighted by Crippen LogP contribution is 2.31. The van der Waals surface area contributed by atoms with Crippen molar-refractivity contribution in [2.75, 3.05) is 19.6 Å². The van der Waals surface area contributed by atoms with Crippen molar-refractivity contribution in [2.45, 2.75) is 38.0 Å². The zero-order chi connectivity index (χ0) is 11.5. The Balaban J connectivity index is 1.48. The summed E-state index contributed by atoms with van der Waals surface area (Å²) in [6, 6.07) is 11.0. The molecule has 92 valence electrons. The normalized spacial score (nSPS) is 26.0. The fourth-order valence-electron chi connectivity index (χ4n) is 3.18. The second-order valence-corrected chi connectivity index (χ2v) is 5.78. The quantitative estimate of drug-likeness (QED) is 0.761. The number of nitrogens with zero attached hydrogens (tertiary/aromatic N) is 1. The van der Waals surface area contributed by atoms with Crippen molar-refractivity contribution in [3.05, 3.63) is 35.9 Å². The van der Waals surface area contributed by atoms with Gasteiger partial charge in [0.1, 0.15) is 0 Å². The summed E-state index contributed by atoms with van der Waals surface area (Å²) in [6.45, 7) is 3.94. The van der Waals surface area contributed by atoms with E-state index in [1.165, 1.54) is 51.7 Å². The topological polar surface area (TPSA) is 3.24 Å². The van der Waals surface area contributed by atoms with Crippen LogP contribution in [0.3, 0.4) is 0 Å². The molecule has 1 heterocycles. The smallest absolute Gasteiger partial charge is 0.00507 e. The number of benzene rings is 1. The van der Waals surface area contributed by atoms with Crippen LogP contribution in [0, 0.1) is 5.92 Å². The average molecular weight is 229 g/mol. The minimum Gasteiger partial charge on any atom is -0.303 e. The summed E-state index contributed by atoms with van der Waals surface area (Å²) in [6.07, 6.45) is 7.28. The van der Waals surface area contributed by atoms with Gasteiger partial charge in [0.05, 0.1) is 0 Å². The zero-order valence-electron chi connectivity index (χ0n) is 10.6. The van der Waals surface area contributed by atoms with Gasteiger partial charge in [-0.25, -0.2) is 0 Å². The zero-order valence-corrected chi connectivity index (χ0v) is 10.6. The Kier molecular flexibility index (Phi) is 3.46. The lowest BCUT2D eigenvalue weighted by Crippen LogP contribution is -2.25. The third-order valence-corrected chi connectivity index (χ3v) is 4.62. The summed E-state index contributed by atoms with van der Waals surface area (Å²) >= 11 is 0. The first-order valence-electron chi connectivity index (χ1n) is 7.19. The van der Waals surface area contributed by atoms with Crippen LogP contribution < -0.4 is 0 Å². The van der Waals surface area contributed by atoms with Gasteiger partial charge in [0, 0.05) is 6.54 Å². The molecule has 1 aliphatic carbocycles. The fraction of sp³-hybridized carbons (Fsp3) is 0.625. The number of rotatable bonds is 4. The lowest BCUT2D eigenvalue weighted by atomic mass is 9.83. The van der Waals surface area contributed by atoms with E-state index >= 15 is 0 Å². The molecule has 0 spiro atoms. The molecular formula is C16H23N. The van der Waals surface area contributed by atoms with Crippen LogP contribution in [0.4, 0.5) is 0 Å². The molecule has 0 bridgehead atoms. The Morgan fingerprint density at radius 2 is 1.88 bits per heavy atom. The van der Waals surface area contributed by atoms with E-state index in [0.717, 1.165) is 11.8 Å². The molecule has 0 amide bonds. The van der Waals surface area contributed by atoms with Gasteiger partial charge in [-0.05, 0) is 43.3 Å². The van der Waals surface area contributed by atoms with E-state index in [0.29, 0.717) is 0 Å². The molecule has 1 saturated heterocycles. The predicted molar refractivity (Wildman–Crippen MR) is 72.2 cm³/mol. The van der Waals surface area contributed by atoms with Crippen molar-refractivity contribution in [3.8, 4) is 0 Å². The van der Waals surface area contributed by atoms with Crippen molar-refractivity contribution in [2.24, 2.45) is 5.92 Å². The molecule has 1 saturated carbocycles. The minimum absolute atomic E-state index is 0.789. The van der Waals surface area contributed by atoms with Crippen LogP contribution in [0.25, 0.3) is 0 Å². The first kappa shape index (κ1) is 11.3. The van der Waals surface area contributed by atoms with Crippen molar-refractivity contribution < 1.29 is 0 Å². The van der Waals surface area contributed by atoms with Crippen LogP contribution in [0.2, 0.25) is 0 Å². The van der Waals surface area contributed by atoms with Gasteiger partial charge < -0.3 is 4.90 Å².